The van der Waals surface area contributed by atoms with Crippen LogP contribution in [0.3, 0.4) is 0 Å². The lowest BCUT2D eigenvalue weighted by molar-refractivity contribution is 0.0285. The molecule has 0 spiro atoms. The Balaban J connectivity index is 1.70. The van der Waals surface area contributed by atoms with Gasteiger partial charge in [0.1, 0.15) is 5.60 Å². The number of nitrogens with one attached hydrogen (secondary N) is 1. The van der Waals surface area contributed by atoms with Crippen molar-refractivity contribution >= 4 is 6.09 Å². The first-order valence-electron chi connectivity index (χ1n) is 9.70. The maximum atomic E-state index is 12.4. The molecule has 1 aromatic carbocycles. The number of ether oxygens (including phenoxy) is 1. The van der Waals surface area contributed by atoms with Crippen molar-refractivity contribution in [3.05, 3.63) is 34.9 Å². The van der Waals surface area contributed by atoms with Gasteiger partial charge in [0.25, 0.3) is 0 Å². The molecule has 2 atom stereocenters. The minimum Gasteiger partial charge on any atom is -0.444 e. The van der Waals surface area contributed by atoms with Gasteiger partial charge < -0.3 is 15.0 Å². The normalized spacial score (nSPS) is 21.3. The molecule has 2 aliphatic rings. The van der Waals surface area contributed by atoms with Crippen LogP contribution in [-0.4, -0.2) is 36.2 Å². The van der Waals surface area contributed by atoms with E-state index in [4.69, 9.17) is 4.74 Å². The van der Waals surface area contributed by atoms with Crippen LogP contribution in [0.25, 0.3) is 0 Å². The molecule has 1 aromatic rings. The van der Waals surface area contributed by atoms with E-state index in [0.29, 0.717) is 12.0 Å². The summed E-state index contributed by atoms with van der Waals surface area (Å²) in [6, 6.07) is 7.30. The van der Waals surface area contributed by atoms with E-state index in [-0.39, 0.29) is 6.09 Å². The molecule has 1 amide bonds. The number of nitrogens with zero attached hydrogens (tertiary/aromatic N) is 1. The van der Waals surface area contributed by atoms with E-state index in [9.17, 15) is 4.79 Å². The molecule has 4 heteroatoms. The molecule has 1 saturated heterocycles. The van der Waals surface area contributed by atoms with Crippen molar-refractivity contribution in [1.82, 2.24) is 10.2 Å². The minimum atomic E-state index is -0.434. The molecule has 0 saturated carbocycles. The molecule has 1 aliphatic carbocycles. The van der Waals surface area contributed by atoms with Crippen molar-refractivity contribution in [1.29, 1.82) is 0 Å². The van der Waals surface area contributed by atoms with Crippen LogP contribution in [0, 0.1) is 5.92 Å². The predicted octanol–water partition coefficient (Wildman–Crippen LogP) is 4.08. The Hall–Kier alpha value is -1.55. The van der Waals surface area contributed by atoms with Crippen LogP contribution in [0.2, 0.25) is 0 Å². The molecule has 138 valence electrons. The van der Waals surface area contributed by atoms with Crippen LogP contribution in [-0.2, 0) is 17.6 Å². The Morgan fingerprint density at radius 2 is 2.08 bits per heavy atom. The van der Waals surface area contributed by atoms with Gasteiger partial charge in [-0.3, -0.25) is 0 Å². The largest absolute Gasteiger partial charge is 0.444 e. The molecule has 1 aliphatic heterocycles. The Morgan fingerprint density at radius 3 is 2.80 bits per heavy atom. The fraction of sp³-hybridized carbons (Fsp3) is 0.667. The van der Waals surface area contributed by atoms with Gasteiger partial charge in [-0.1, -0.05) is 25.1 Å². The SMILES string of the molecule is CCNC(c1ccc2c(c1)CCC2)C1CCN(C(=O)OC(C)(C)C)C1. The highest BCUT2D eigenvalue weighted by molar-refractivity contribution is 5.68. The summed E-state index contributed by atoms with van der Waals surface area (Å²) in [4.78, 5) is 14.2. The van der Waals surface area contributed by atoms with Crippen LogP contribution < -0.4 is 5.32 Å². The summed E-state index contributed by atoms with van der Waals surface area (Å²) < 4.78 is 5.54. The monoisotopic (exact) mass is 344 g/mol. The second kappa shape index (κ2) is 7.36. The van der Waals surface area contributed by atoms with Crippen LogP contribution in [0.5, 0.6) is 0 Å². The predicted molar refractivity (Wildman–Crippen MR) is 101 cm³/mol. The summed E-state index contributed by atoms with van der Waals surface area (Å²) in [6.45, 7) is 10.4. The van der Waals surface area contributed by atoms with Crippen molar-refractivity contribution in [2.45, 2.75) is 65.0 Å². The minimum absolute atomic E-state index is 0.181. The molecular weight excluding hydrogens is 312 g/mol. The van der Waals surface area contributed by atoms with E-state index in [1.807, 2.05) is 25.7 Å². The molecule has 0 bridgehead atoms. The molecule has 1 N–H and O–H groups in total. The van der Waals surface area contributed by atoms with Crippen LogP contribution in [0.4, 0.5) is 4.79 Å². The fourth-order valence-corrected chi connectivity index (χ4v) is 4.11. The maximum Gasteiger partial charge on any atom is 0.410 e. The van der Waals surface area contributed by atoms with Crippen molar-refractivity contribution in [2.75, 3.05) is 19.6 Å². The van der Waals surface area contributed by atoms with E-state index < -0.39 is 5.60 Å². The number of hydrogen-bond acceptors (Lipinski definition) is 3. The zero-order valence-corrected chi connectivity index (χ0v) is 16.1. The average molecular weight is 344 g/mol. The standard InChI is InChI=1S/C21H32N2O2/c1-5-22-19(17-10-9-15-7-6-8-16(15)13-17)18-11-12-23(14-18)20(24)25-21(2,3)4/h9-10,13,18-19,22H,5-8,11-12,14H2,1-4H3. The van der Waals surface area contributed by atoms with Gasteiger partial charge in [-0.25, -0.2) is 4.79 Å². The molecule has 2 unspecified atom stereocenters. The Labute approximate surface area is 151 Å². The van der Waals surface area contributed by atoms with Gasteiger partial charge in [-0.05, 0) is 75.6 Å². The van der Waals surface area contributed by atoms with Gasteiger partial charge in [0, 0.05) is 19.1 Å². The smallest absolute Gasteiger partial charge is 0.410 e. The van der Waals surface area contributed by atoms with E-state index in [0.717, 1.165) is 26.1 Å². The second-order valence-electron chi connectivity index (χ2n) is 8.39. The van der Waals surface area contributed by atoms with Crippen molar-refractivity contribution in [3.63, 3.8) is 0 Å². The van der Waals surface area contributed by atoms with Crippen molar-refractivity contribution in [2.24, 2.45) is 5.92 Å². The number of rotatable bonds is 4. The highest BCUT2D eigenvalue weighted by atomic mass is 16.6. The number of amides is 1. The summed E-state index contributed by atoms with van der Waals surface area (Å²) in [7, 11) is 0. The van der Waals surface area contributed by atoms with Crippen molar-refractivity contribution < 1.29 is 9.53 Å². The lowest BCUT2D eigenvalue weighted by Crippen LogP contribution is -2.36. The number of benzene rings is 1. The zero-order chi connectivity index (χ0) is 18.0. The Kier molecular flexibility index (Phi) is 5.38. The van der Waals surface area contributed by atoms with Crippen LogP contribution in [0.1, 0.15) is 63.3 Å². The number of fused-ring (bicyclic) bond motifs is 1. The highest BCUT2D eigenvalue weighted by Crippen LogP contribution is 2.33. The molecule has 0 aromatic heterocycles. The average Bonchev–Trinajstić information content (AvgIpc) is 3.19. The molecule has 25 heavy (non-hydrogen) atoms. The Morgan fingerprint density at radius 1 is 1.32 bits per heavy atom. The first kappa shape index (κ1) is 18.2. The first-order valence-corrected chi connectivity index (χ1v) is 9.70. The van der Waals surface area contributed by atoms with E-state index >= 15 is 0 Å². The third kappa shape index (κ3) is 4.35. The van der Waals surface area contributed by atoms with Gasteiger partial charge >= 0.3 is 6.09 Å². The summed E-state index contributed by atoms with van der Waals surface area (Å²) in [5.41, 5.74) is 3.97. The molecule has 0 radical (unpaired) electrons. The van der Waals surface area contributed by atoms with E-state index in [1.54, 1.807) is 0 Å². The van der Waals surface area contributed by atoms with Gasteiger partial charge in [0.05, 0.1) is 0 Å². The van der Waals surface area contributed by atoms with E-state index in [2.05, 4.69) is 30.4 Å². The number of hydrogen-bond donors (Lipinski definition) is 1. The third-order valence-electron chi connectivity index (χ3n) is 5.25. The fourth-order valence-electron chi connectivity index (χ4n) is 4.11. The first-order chi connectivity index (χ1) is 11.9. The lowest BCUT2D eigenvalue weighted by Gasteiger charge is -2.27. The highest BCUT2D eigenvalue weighted by Gasteiger charge is 2.34. The number of likely N-dealkylation sites (tertiary alicyclic amines) is 1. The van der Waals surface area contributed by atoms with Gasteiger partial charge in [-0.2, -0.15) is 0 Å². The third-order valence-corrected chi connectivity index (χ3v) is 5.25. The molecule has 4 nitrogen and oxygen atoms in total. The Bertz CT molecular complexity index is 621. The zero-order valence-electron chi connectivity index (χ0n) is 16.1. The van der Waals surface area contributed by atoms with Crippen molar-refractivity contribution in [3.8, 4) is 0 Å². The maximum absolute atomic E-state index is 12.4. The van der Waals surface area contributed by atoms with Crippen LogP contribution >= 0.6 is 0 Å². The number of carbonyl (C=O) groups is 1. The quantitative estimate of drug-likeness (QED) is 0.895. The molecule has 1 fully saturated rings. The van der Waals surface area contributed by atoms with Crippen LogP contribution in [0.15, 0.2) is 18.2 Å². The number of carbonyl (C=O) groups excluding carboxylic acids is 1. The lowest BCUT2D eigenvalue weighted by atomic mass is 9.90. The molecule has 1 heterocycles. The summed E-state index contributed by atoms with van der Waals surface area (Å²) >= 11 is 0. The summed E-state index contributed by atoms with van der Waals surface area (Å²) in [5, 5.41) is 3.66. The topological polar surface area (TPSA) is 41.6 Å². The van der Waals surface area contributed by atoms with Gasteiger partial charge in [-0.15, -0.1) is 0 Å². The molecule has 3 rings (SSSR count). The van der Waals surface area contributed by atoms with Gasteiger partial charge in [0.2, 0.25) is 0 Å². The van der Waals surface area contributed by atoms with E-state index in [1.165, 1.54) is 36.0 Å². The summed E-state index contributed by atoms with van der Waals surface area (Å²) in [5.74, 6) is 0.437. The summed E-state index contributed by atoms with van der Waals surface area (Å²) in [6.07, 6.45) is 4.54. The second-order valence-corrected chi connectivity index (χ2v) is 8.39. The van der Waals surface area contributed by atoms with Gasteiger partial charge in [0.15, 0.2) is 0 Å². The molecular formula is C21H32N2O2. The number of aryl methyl sites for hydroxylation is 2.